The molecule has 1 heterocycles. The van der Waals surface area contributed by atoms with Gasteiger partial charge in [0.2, 0.25) is 0 Å². The van der Waals surface area contributed by atoms with E-state index in [0.717, 1.165) is 0 Å². The standard InChI is InChI=1S/C12H14N4O4S/c1-12(18,7-4-3-5-8(6-7)16(19)20)9(17)10-13-14-11(21)15(10)2/h3-6,9,17-18H,1-2H3,(H,14,21). The van der Waals surface area contributed by atoms with Crippen LogP contribution in [0.2, 0.25) is 0 Å². The van der Waals surface area contributed by atoms with Gasteiger partial charge in [-0.3, -0.25) is 10.1 Å². The highest BCUT2D eigenvalue weighted by Gasteiger charge is 2.37. The van der Waals surface area contributed by atoms with Crippen molar-refractivity contribution < 1.29 is 15.1 Å². The number of nitro groups is 1. The second kappa shape index (κ2) is 5.43. The fourth-order valence-corrected chi connectivity index (χ4v) is 2.06. The molecule has 0 amide bonds. The van der Waals surface area contributed by atoms with Crippen molar-refractivity contribution in [3.63, 3.8) is 0 Å². The van der Waals surface area contributed by atoms with Crippen molar-refractivity contribution in [2.75, 3.05) is 0 Å². The van der Waals surface area contributed by atoms with E-state index < -0.39 is 16.6 Å². The number of benzene rings is 1. The lowest BCUT2D eigenvalue weighted by Crippen LogP contribution is -2.32. The van der Waals surface area contributed by atoms with Crippen LogP contribution in [0.4, 0.5) is 5.69 Å². The molecule has 21 heavy (non-hydrogen) atoms. The second-order valence-electron chi connectivity index (χ2n) is 4.77. The summed E-state index contributed by atoms with van der Waals surface area (Å²) in [7, 11) is 1.59. The predicted molar refractivity (Wildman–Crippen MR) is 75.9 cm³/mol. The van der Waals surface area contributed by atoms with Crippen LogP contribution < -0.4 is 0 Å². The van der Waals surface area contributed by atoms with Gasteiger partial charge in [-0.2, -0.15) is 0 Å². The summed E-state index contributed by atoms with van der Waals surface area (Å²) >= 11 is 4.05. The van der Waals surface area contributed by atoms with Crippen molar-refractivity contribution >= 4 is 18.3 Å². The Balaban J connectivity index is 2.43. The lowest BCUT2D eigenvalue weighted by molar-refractivity contribution is -0.385. The minimum absolute atomic E-state index is 0.108. The lowest BCUT2D eigenvalue weighted by atomic mass is 9.89. The number of aromatic nitrogens is 3. The molecule has 2 N–H and O–H groups in total. The first-order valence-corrected chi connectivity index (χ1v) is 6.43. The average molecular weight is 310 g/mol. The number of aliphatic hydroxyl groups excluding tert-OH is 1. The van der Waals surface area contributed by atoms with E-state index in [1.807, 2.05) is 0 Å². The molecule has 0 bridgehead atoms. The zero-order chi connectivity index (χ0) is 15.8. The Morgan fingerprint density at radius 2 is 2.14 bits per heavy atom. The SMILES string of the molecule is Cn1c(S)nnc1C(O)C(C)(O)c1cccc([N+](=O)[O-])c1. The summed E-state index contributed by atoms with van der Waals surface area (Å²) in [6.45, 7) is 1.35. The normalized spacial score (nSPS) is 15.5. The number of nitro benzene ring substituents is 1. The monoisotopic (exact) mass is 310 g/mol. The molecule has 9 heteroatoms. The van der Waals surface area contributed by atoms with Gasteiger partial charge in [-0.05, 0) is 12.5 Å². The van der Waals surface area contributed by atoms with Gasteiger partial charge in [0.15, 0.2) is 11.0 Å². The maximum absolute atomic E-state index is 10.8. The van der Waals surface area contributed by atoms with Crippen LogP contribution in [-0.4, -0.2) is 29.9 Å². The number of hydrogen-bond acceptors (Lipinski definition) is 7. The molecule has 0 saturated carbocycles. The van der Waals surface area contributed by atoms with Gasteiger partial charge in [0.1, 0.15) is 11.7 Å². The van der Waals surface area contributed by atoms with E-state index in [1.54, 1.807) is 7.05 Å². The van der Waals surface area contributed by atoms with Gasteiger partial charge in [-0.25, -0.2) is 0 Å². The lowest BCUT2D eigenvalue weighted by Gasteiger charge is -2.28. The molecule has 1 aromatic heterocycles. The van der Waals surface area contributed by atoms with Gasteiger partial charge in [0.25, 0.3) is 5.69 Å². The molecule has 0 aliphatic rings. The highest BCUT2D eigenvalue weighted by molar-refractivity contribution is 7.80. The van der Waals surface area contributed by atoms with Crippen molar-refractivity contribution in [2.45, 2.75) is 23.8 Å². The Bertz CT molecular complexity index is 686. The molecule has 0 fully saturated rings. The largest absolute Gasteiger partial charge is 0.382 e. The first-order chi connectivity index (χ1) is 9.75. The molecule has 0 aliphatic carbocycles. The highest BCUT2D eigenvalue weighted by Crippen LogP contribution is 2.35. The molecule has 0 spiro atoms. The van der Waals surface area contributed by atoms with E-state index in [2.05, 4.69) is 22.8 Å². The quantitative estimate of drug-likeness (QED) is 0.440. The van der Waals surface area contributed by atoms with Crippen molar-refractivity contribution in [3.05, 3.63) is 45.8 Å². The third-order valence-corrected chi connectivity index (χ3v) is 3.69. The molecule has 1 aromatic carbocycles. The second-order valence-corrected chi connectivity index (χ2v) is 5.17. The smallest absolute Gasteiger partial charge is 0.269 e. The number of aliphatic hydroxyl groups is 2. The Kier molecular flexibility index (Phi) is 3.99. The van der Waals surface area contributed by atoms with Gasteiger partial charge in [0, 0.05) is 19.2 Å². The maximum atomic E-state index is 10.8. The molecule has 0 saturated heterocycles. The van der Waals surface area contributed by atoms with E-state index in [9.17, 15) is 20.3 Å². The molecule has 0 radical (unpaired) electrons. The third-order valence-electron chi connectivity index (χ3n) is 3.30. The summed E-state index contributed by atoms with van der Waals surface area (Å²) in [6.07, 6.45) is -1.42. The van der Waals surface area contributed by atoms with Gasteiger partial charge in [-0.1, -0.05) is 12.1 Å². The van der Waals surface area contributed by atoms with Crippen molar-refractivity contribution in [2.24, 2.45) is 7.05 Å². The fourth-order valence-electron chi connectivity index (χ4n) is 1.91. The number of thiol groups is 1. The van der Waals surface area contributed by atoms with Gasteiger partial charge >= 0.3 is 0 Å². The summed E-state index contributed by atoms with van der Waals surface area (Å²) in [5, 5.41) is 39.4. The number of hydrogen-bond donors (Lipinski definition) is 3. The first-order valence-electron chi connectivity index (χ1n) is 5.98. The predicted octanol–water partition coefficient (Wildman–Crippen LogP) is 0.953. The van der Waals surface area contributed by atoms with E-state index in [0.29, 0.717) is 0 Å². The van der Waals surface area contributed by atoms with Crippen LogP contribution in [0, 0.1) is 10.1 Å². The summed E-state index contributed by atoms with van der Waals surface area (Å²) in [5.74, 6) is 0.108. The highest BCUT2D eigenvalue weighted by atomic mass is 32.1. The molecular formula is C12H14N4O4S. The zero-order valence-electron chi connectivity index (χ0n) is 11.3. The Morgan fingerprint density at radius 1 is 1.48 bits per heavy atom. The summed E-state index contributed by atoms with van der Waals surface area (Å²) in [5.41, 5.74) is -1.74. The maximum Gasteiger partial charge on any atom is 0.269 e. The average Bonchev–Trinajstić information content (AvgIpc) is 2.78. The van der Waals surface area contributed by atoms with Crippen LogP contribution in [0.15, 0.2) is 29.4 Å². The van der Waals surface area contributed by atoms with Crippen LogP contribution in [0.1, 0.15) is 24.4 Å². The summed E-state index contributed by atoms with van der Waals surface area (Å²) in [4.78, 5) is 10.2. The summed E-state index contributed by atoms with van der Waals surface area (Å²) < 4.78 is 1.42. The van der Waals surface area contributed by atoms with E-state index >= 15 is 0 Å². The molecular weight excluding hydrogens is 296 g/mol. The molecule has 2 atom stereocenters. The Labute approximate surface area is 125 Å². The zero-order valence-corrected chi connectivity index (χ0v) is 12.2. The van der Waals surface area contributed by atoms with E-state index in [4.69, 9.17) is 0 Å². The van der Waals surface area contributed by atoms with Crippen LogP contribution in [0.5, 0.6) is 0 Å². The Morgan fingerprint density at radius 3 is 2.67 bits per heavy atom. The van der Waals surface area contributed by atoms with Gasteiger partial charge in [0.05, 0.1) is 4.92 Å². The van der Waals surface area contributed by atoms with E-state index in [-0.39, 0.29) is 22.2 Å². The van der Waals surface area contributed by atoms with Crippen LogP contribution >= 0.6 is 12.6 Å². The van der Waals surface area contributed by atoms with Crippen molar-refractivity contribution in [1.82, 2.24) is 14.8 Å². The van der Waals surface area contributed by atoms with Crippen LogP contribution in [-0.2, 0) is 12.6 Å². The molecule has 2 unspecified atom stereocenters. The van der Waals surface area contributed by atoms with Gasteiger partial charge in [-0.15, -0.1) is 22.8 Å². The topological polar surface area (TPSA) is 114 Å². The number of rotatable bonds is 4. The van der Waals surface area contributed by atoms with Gasteiger partial charge < -0.3 is 14.8 Å². The first kappa shape index (κ1) is 15.4. The molecule has 2 rings (SSSR count). The number of nitrogens with zero attached hydrogens (tertiary/aromatic N) is 4. The molecule has 2 aromatic rings. The minimum Gasteiger partial charge on any atom is -0.382 e. The fraction of sp³-hybridized carbons (Fsp3) is 0.333. The van der Waals surface area contributed by atoms with Crippen molar-refractivity contribution in [3.8, 4) is 0 Å². The summed E-state index contributed by atoms with van der Waals surface area (Å²) in [6, 6.07) is 5.45. The van der Waals surface area contributed by atoms with Crippen molar-refractivity contribution in [1.29, 1.82) is 0 Å². The number of non-ortho nitro benzene ring substituents is 1. The molecule has 0 aliphatic heterocycles. The molecule has 112 valence electrons. The van der Waals surface area contributed by atoms with Crippen LogP contribution in [0.3, 0.4) is 0 Å². The Hall–Kier alpha value is -1.97. The van der Waals surface area contributed by atoms with E-state index in [1.165, 1.54) is 35.8 Å². The molecule has 8 nitrogen and oxygen atoms in total. The minimum atomic E-state index is -1.77. The third kappa shape index (κ3) is 2.75. The van der Waals surface area contributed by atoms with Crippen LogP contribution in [0.25, 0.3) is 0 Å².